The summed E-state index contributed by atoms with van der Waals surface area (Å²) in [6.07, 6.45) is 4.88. The molecule has 24 heavy (non-hydrogen) atoms. The van der Waals surface area contributed by atoms with Crippen LogP contribution in [-0.4, -0.2) is 36.0 Å². The number of nitrogens with zero attached hydrogens (tertiary/aromatic N) is 2. The van der Waals surface area contributed by atoms with Crippen molar-refractivity contribution >= 4 is 21.8 Å². The Morgan fingerprint density at radius 2 is 1.92 bits per heavy atom. The lowest BCUT2D eigenvalue weighted by Gasteiger charge is -2.32. The molecule has 0 aliphatic carbocycles. The minimum Gasteiger partial charge on any atom is -0.497 e. The van der Waals surface area contributed by atoms with E-state index in [-0.39, 0.29) is 5.91 Å². The summed E-state index contributed by atoms with van der Waals surface area (Å²) in [5.41, 5.74) is 1.85. The van der Waals surface area contributed by atoms with Crippen molar-refractivity contribution in [2.45, 2.75) is 19.3 Å². The molecule has 3 rings (SSSR count). The molecular formula is C19H21BrN2O2. The number of carbonyl (C=O) groups excluding carboxylic acids is 1. The fourth-order valence-corrected chi connectivity index (χ4v) is 3.31. The number of pyridine rings is 1. The highest BCUT2D eigenvalue weighted by atomic mass is 79.9. The number of aromatic nitrogens is 1. The second-order valence-electron chi connectivity index (χ2n) is 6.14. The van der Waals surface area contributed by atoms with Crippen LogP contribution in [0, 0.1) is 5.92 Å². The van der Waals surface area contributed by atoms with Gasteiger partial charge in [-0.1, -0.05) is 0 Å². The predicted molar refractivity (Wildman–Crippen MR) is 97.3 cm³/mol. The third-order valence-electron chi connectivity index (χ3n) is 4.53. The summed E-state index contributed by atoms with van der Waals surface area (Å²) < 4.78 is 6.14. The Balaban J connectivity index is 1.54. The summed E-state index contributed by atoms with van der Waals surface area (Å²) in [5, 5.41) is 0. The van der Waals surface area contributed by atoms with E-state index in [9.17, 15) is 4.79 Å². The normalized spacial score (nSPS) is 15.3. The molecule has 0 N–H and O–H groups in total. The topological polar surface area (TPSA) is 42.4 Å². The summed E-state index contributed by atoms with van der Waals surface area (Å²) in [6.45, 7) is 1.62. The van der Waals surface area contributed by atoms with Crippen molar-refractivity contribution in [3.63, 3.8) is 0 Å². The average molecular weight is 389 g/mol. The van der Waals surface area contributed by atoms with E-state index < -0.39 is 0 Å². The fraction of sp³-hybridized carbons (Fsp3) is 0.368. The zero-order valence-corrected chi connectivity index (χ0v) is 15.3. The highest BCUT2D eigenvalue weighted by Crippen LogP contribution is 2.23. The molecule has 5 heteroatoms. The molecule has 0 spiro atoms. The summed E-state index contributed by atoms with van der Waals surface area (Å²) in [6, 6.07) is 11.4. The number of likely N-dealkylation sites (tertiary alicyclic amines) is 1. The zero-order valence-electron chi connectivity index (χ0n) is 13.7. The third kappa shape index (κ3) is 4.15. The number of carbonyl (C=O) groups is 1. The smallest absolute Gasteiger partial charge is 0.253 e. The van der Waals surface area contributed by atoms with Crippen LogP contribution in [0.25, 0.3) is 0 Å². The van der Waals surface area contributed by atoms with Crippen LogP contribution in [0.2, 0.25) is 0 Å². The van der Waals surface area contributed by atoms with Crippen molar-refractivity contribution in [3.8, 4) is 5.75 Å². The van der Waals surface area contributed by atoms with Crippen LogP contribution in [-0.2, 0) is 6.42 Å². The maximum atomic E-state index is 12.6. The molecule has 126 valence electrons. The van der Waals surface area contributed by atoms with E-state index in [1.165, 1.54) is 0 Å². The van der Waals surface area contributed by atoms with Gasteiger partial charge in [-0.15, -0.1) is 0 Å². The van der Waals surface area contributed by atoms with Crippen LogP contribution in [0.3, 0.4) is 0 Å². The van der Waals surface area contributed by atoms with Gasteiger partial charge in [-0.3, -0.25) is 9.78 Å². The number of rotatable bonds is 4. The molecule has 1 saturated heterocycles. The molecule has 1 aliphatic heterocycles. The van der Waals surface area contributed by atoms with Gasteiger partial charge < -0.3 is 9.64 Å². The van der Waals surface area contributed by atoms with Crippen LogP contribution in [0.15, 0.2) is 47.1 Å². The van der Waals surface area contributed by atoms with Crippen molar-refractivity contribution < 1.29 is 9.53 Å². The minimum atomic E-state index is 0.109. The Morgan fingerprint density at radius 1 is 1.21 bits per heavy atom. The lowest BCUT2D eigenvalue weighted by atomic mass is 9.91. The Labute approximate surface area is 151 Å². The fourth-order valence-electron chi connectivity index (χ4n) is 3.08. The number of benzene rings is 1. The van der Waals surface area contributed by atoms with Crippen molar-refractivity contribution in [2.24, 2.45) is 5.92 Å². The molecule has 1 amide bonds. The Morgan fingerprint density at radius 3 is 2.50 bits per heavy atom. The first-order chi connectivity index (χ1) is 11.7. The molecule has 2 aromatic rings. The van der Waals surface area contributed by atoms with Crippen LogP contribution in [0.1, 0.15) is 28.9 Å². The van der Waals surface area contributed by atoms with Gasteiger partial charge in [-0.25, -0.2) is 0 Å². The summed E-state index contributed by atoms with van der Waals surface area (Å²) in [4.78, 5) is 19.0. The van der Waals surface area contributed by atoms with Gasteiger partial charge in [0.1, 0.15) is 5.75 Å². The monoisotopic (exact) mass is 388 g/mol. The number of methoxy groups -OCH3 is 1. The van der Waals surface area contributed by atoms with Crippen LogP contribution in [0.5, 0.6) is 5.75 Å². The molecular weight excluding hydrogens is 368 g/mol. The summed E-state index contributed by atoms with van der Waals surface area (Å²) >= 11 is 3.41. The van der Waals surface area contributed by atoms with Crippen molar-refractivity contribution in [1.29, 1.82) is 0 Å². The van der Waals surface area contributed by atoms with Gasteiger partial charge in [0, 0.05) is 35.0 Å². The first-order valence-electron chi connectivity index (χ1n) is 8.19. The number of hydrogen-bond acceptors (Lipinski definition) is 3. The molecule has 1 fully saturated rings. The highest BCUT2D eigenvalue weighted by molar-refractivity contribution is 9.10. The first kappa shape index (κ1) is 17.0. The van der Waals surface area contributed by atoms with Crippen molar-refractivity contribution in [3.05, 3.63) is 58.3 Å². The zero-order chi connectivity index (χ0) is 16.9. The van der Waals surface area contributed by atoms with E-state index in [4.69, 9.17) is 4.74 Å². The van der Waals surface area contributed by atoms with Crippen molar-refractivity contribution in [1.82, 2.24) is 9.88 Å². The van der Waals surface area contributed by atoms with E-state index in [0.29, 0.717) is 5.92 Å². The quantitative estimate of drug-likeness (QED) is 0.796. The van der Waals surface area contributed by atoms with E-state index in [1.54, 1.807) is 7.11 Å². The summed E-state index contributed by atoms with van der Waals surface area (Å²) in [7, 11) is 1.63. The molecule has 0 saturated carbocycles. The van der Waals surface area contributed by atoms with Gasteiger partial charge in [0.25, 0.3) is 5.91 Å². The van der Waals surface area contributed by atoms with Gasteiger partial charge in [-0.2, -0.15) is 0 Å². The molecule has 0 bridgehead atoms. The van der Waals surface area contributed by atoms with Crippen LogP contribution < -0.4 is 4.74 Å². The number of halogens is 1. The Hall–Kier alpha value is -1.88. The number of piperidine rings is 1. The molecule has 4 nitrogen and oxygen atoms in total. The molecule has 1 aromatic heterocycles. The summed E-state index contributed by atoms with van der Waals surface area (Å²) in [5.74, 6) is 1.48. The minimum absolute atomic E-state index is 0.109. The maximum absolute atomic E-state index is 12.6. The molecule has 2 heterocycles. The lowest BCUT2D eigenvalue weighted by Crippen LogP contribution is -2.38. The van der Waals surface area contributed by atoms with Gasteiger partial charge in [0.15, 0.2) is 0 Å². The molecule has 0 atom stereocenters. The second kappa shape index (κ2) is 7.79. The SMILES string of the molecule is COc1ccc(C(=O)N2CCC(Cc3ccc(Br)cn3)CC2)cc1. The van der Waals surface area contributed by atoms with Gasteiger partial charge in [0.05, 0.1) is 7.11 Å². The third-order valence-corrected chi connectivity index (χ3v) is 4.99. The van der Waals surface area contributed by atoms with E-state index in [0.717, 1.165) is 53.8 Å². The second-order valence-corrected chi connectivity index (χ2v) is 7.05. The van der Waals surface area contributed by atoms with Crippen molar-refractivity contribution in [2.75, 3.05) is 20.2 Å². The highest BCUT2D eigenvalue weighted by Gasteiger charge is 2.24. The maximum Gasteiger partial charge on any atom is 0.253 e. The molecule has 1 aliphatic rings. The standard InChI is InChI=1S/C19H21BrN2O2/c1-24-18-6-2-15(3-7-18)19(23)22-10-8-14(9-11-22)12-17-5-4-16(20)13-21-17/h2-7,13-14H,8-12H2,1H3. The van der Waals surface area contributed by atoms with E-state index >= 15 is 0 Å². The predicted octanol–water partition coefficient (Wildman–Crippen LogP) is 3.95. The Kier molecular flexibility index (Phi) is 5.51. The van der Waals surface area contributed by atoms with Crippen LogP contribution >= 0.6 is 15.9 Å². The number of ether oxygens (including phenoxy) is 1. The molecule has 0 radical (unpaired) electrons. The van der Waals surface area contributed by atoms with Crippen LogP contribution in [0.4, 0.5) is 0 Å². The van der Waals surface area contributed by atoms with Gasteiger partial charge in [0.2, 0.25) is 0 Å². The van der Waals surface area contributed by atoms with Gasteiger partial charge >= 0.3 is 0 Å². The lowest BCUT2D eigenvalue weighted by molar-refractivity contribution is 0.0690. The largest absolute Gasteiger partial charge is 0.497 e. The number of hydrogen-bond donors (Lipinski definition) is 0. The van der Waals surface area contributed by atoms with E-state index in [2.05, 4.69) is 27.0 Å². The number of amides is 1. The Bertz CT molecular complexity index is 678. The average Bonchev–Trinajstić information content (AvgIpc) is 2.64. The first-order valence-corrected chi connectivity index (χ1v) is 8.99. The molecule has 0 unspecified atom stereocenters. The molecule has 1 aromatic carbocycles. The van der Waals surface area contributed by atoms with Gasteiger partial charge in [-0.05, 0) is 77.5 Å². The van der Waals surface area contributed by atoms with E-state index in [1.807, 2.05) is 41.4 Å².